The molecule has 3 nitrogen and oxygen atoms in total. The normalized spacial score (nSPS) is 9.92. The van der Waals surface area contributed by atoms with Crippen LogP contribution >= 0.6 is 0 Å². The standard InChI is InChI=1S/C9H14N2O/c1-7(2)5-8(12)11-9(3,4)6-10/h5H,1-4H3,(H,11,12). The summed E-state index contributed by atoms with van der Waals surface area (Å²) in [6, 6.07) is 1.98. The summed E-state index contributed by atoms with van der Waals surface area (Å²) >= 11 is 0. The summed E-state index contributed by atoms with van der Waals surface area (Å²) in [7, 11) is 0. The van der Waals surface area contributed by atoms with Crippen molar-refractivity contribution >= 4 is 5.91 Å². The van der Waals surface area contributed by atoms with Gasteiger partial charge >= 0.3 is 0 Å². The van der Waals surface area contributed by atoms with E-state index in [0.717, 1.165) is 5.57 Å². The summed E-state index contributed by atoms with van der Waals surface area (Å²) in [6.07, 6.45) is 1.47. The predicted octanol–water partition coefficient (Wildman–Crippen LogP) is 1.37. The van der Waals surface area contributed by atoms with Crippen molar-refractivity contribution in [1.29, 1.82) is 5.26 Å². The van der Waals surface area contributed by atoms with Crippen molar-refractivity contribution in [2.24, 2.45) is 0 Å². The van der Waals surface area contributed by atoms with Crippen LogP contribution in [0.2, 0.25) is 0 Å². The Kier molecular flexibility index (Phi) is 3.49. The SMILES string of the molecule is CC(C)=CC(=O)NC(C)(C)C#N. The molecule has 12 heavy (non-hydrogen) atoms. The number of carbonyl (C=O) groups is 1. The maximum Gasteiger partial charge on any atom is 0.245 e. The maximum atomic E-state index is 11.1. The Morgan fingerprint density at radius 3 is 2.33 bits per heavy atom. The molecule has 66 valence electrons. The molecule has 3 heteroatoms. The Morgan fingerprint density at radius 2 is 2.00 bits per heavy atom. The maximum absolute atomic E-state index is 11.1. The van der Waals surface area contributed by atoms with Gasteiger partial charge in [0.15, 0.2) is 0 Å². The molecule has 1 N–H and O–H groups in total. The number of nitrogens with one attached hydrogen (secondary N) is 1. The van der Waals surface area contributed by atoms with E-state index in [9.17, 15) is 4.79 Å². The van der Waals surface area contributed by atoms with Crippen molar-refractivity contribution in [2.45, 2.75) is 33.2 Å². The van der Waals surface area contributed by atoms with Crippen LogP contribution < -0.4 is 5.32 Å². The molecule has 0 atom stereocenters. The molecule has 0 heterocycles. The molecular formula is C9H14N2O. The number of rotatable bonds is 2. The zero-order valence-electron chi connectivity index (χ0n) is 7.93. The summed E-state index contributed by atoms with van der Waals surface area (Å²) < 4.78 is 0. The summed E-state index contributed by atoms with van der Waals surface area (Å²) in [6.45, 7) is 6.98. The van der Waals surface area contributed by atoms with Gasteiger partial charge in [0.2, 0.25) is 5.91 Å². The lowest BCUT2D eigenvalue weighted by Gasteiger charge is -2.15. The molecule has 0 fully saturated rings. The van der Waals surface area contributed by atoms with Crippen molar-refractivity contribution in [3.63, 3.8) is 0 Å². The van der Waals surface area contributed by atoms with Crippen LogP contribution in [-0.4, -0.2) is 11.4 Å². The first-order chi connectivity index (χ1) is 5.37. The Morgan fingerprint density at radius 1 is 1.50 bits per heavy atom. The number of carbonyl (C=O) groups excluding carboxylic acids is 1. The minimum absolute atomic E-state index is 0.221. The van der Waals surface area contributed by atoms with Crippen molar-refractivity contribution < 1.29 is 4.79 Å². The largest absolute Gasteiger partial charge is 0.335 e. The van der Waals surface area contributed by atoms with Crippen LogP contribution in [0.1, 0.15) is 27.7 Å². The minimum atomic E-state index is -0.789. The lowest BCUT2D eigenvalue weighted by molar-refractivity contribution is -0.117. The van der Waals surface area contributed by atoms with Crippen LogP contribution in [0.15, 0.2) is 11.6 Å². The zero-order chi connectivity index (χ0) is 9.78. The molecule has 0 spiro atoms. The number of nitriles is 1. The zero-order valence-corrected chi connectivity index (χ0v) is 7.93. The van der Waals surface area contributed by atoms with Gasteiger partial charge in [-0.05, 0) is 27.7 Å². The topological polar surface area (TPSA) is 52.9 Å². The van der Waals surface area contributed by atoms with E-state index >= 15 is 0 Å². The third-order valence-corrected chi connectivity index (χ3v) is 1.13. The highest BCUT2D eigenvalue weighted by molar-refractivity contribution is 5.88. The van der Waals surface area contributed by atoms with Crippen LogP contribution in [0.4, 0.5) is 0 Å². The lowest BCUT2D eigenvalue weighted by Crippen LogP contribution is -2.41. The van der Waals surface area contributed by atoms with Crippen LogP contribution in [0.3, 0.4) is 0 Å². The summed E-state index contributed by atoms with van der Waals surface area (Å²) in [5, 5.41) is 11.2. The van der Waals surface area contributed by atoms with E-state index in [-0.39, 0.29) is 5.91 Å². The van der Waals surface area contributed by atoms with E-state index in [4.69, 9.17) is 5.26 Å². The first-order valence-electron chi connectivity index (χ1n) is 3.76. The van der Waals surface area contributed by atoms with E-state index in [1.807, 2.05) is 19.9 Å². The molecule has 0 aromatic carbocycles. The van der Waals surface area contributed by atoms with Crippen molar-refractivity contribution in [2.75, 3.05) is 0 Å². The minimum Gasteiger partial charge on any atom is -0.335 e. The van der Waals surface area contributed by atoms with Gasteiger partial charge < -0.3 is 5.32 Å². The Labute approximate surface area is 73.1 Å². The van der Waals surface area contributed by atoms with Gasteiger partial charge in [0.05, 0.1) is 6.07 Å². The number of nitrogens with zero attached hydrogens (tertiary/aromatic N) is 1. The molecule has 0 aromatic rings. The first kappa shape index (κ1) is 10.7. The second-order valence-electron chi connectivity index (χ2n) is 3.45. The fourth-order valence-corrected chi connectivity index (χ4v) is 0.634. The molecule has 1 amide bonds. The molecule has 0 bridgehead atoms. The molecule has 0 aliphatic rings. The molecule has 0 aliphatic heterocycles. The van der Waals surface area contributed by atoms with Crippen molar-refractivity contribution in [1.82, 2.24) is 5.32 Å². The van der Waals surface area contributed by atoms with Gasteiger partial charge in [-0.3, -0.25) is 4.79 Å². The monoisotopic (exact) mass is 166 g/mol. The van der Waals surface area contributed by atoms with E-state index in [0.29, 0.717) is 0 Å². The summed E-state index contributed by atoms with van der Waals surface area (Å²) in [5.74, 6) is -0.221. The van der Waals surface area contributed by atoms with Gasteiger partial charge in [-0.15, -0.1) is 0 Å². The smallest absolute Gasteiger partial charge is 0.245 e. The number of allylic oxidation sites excluding steroid dienone is 1. The molecule has 0 unspecified atom stereocenters. The number of hydrogen-bond acceptors (Lipinski definition) is 2. The second-order valence-corrected chi connectivity index (χ2v) is 3.45. The van der Waals surface area contributed by atoms with Gasteiger partial charge in [-0.25, -0.2) is 0 Å². The number of hydrogen-bond donors (Lipinski definition) is 1. The third-order valence-electron chi connectivity index (χ3n) is 1.13. The van der Waals surface area contributed by atoms with Crippen LogP contribution in [0.25, 0.3) is 0 Å². The van der Waals surface area contributed by atoms with Crippen molar-refractivity contribution in [3.05, 3.63) is 11.6 Å². The second kappa shape index (κ2) is 3.91. The highest BCUT2D eigenvalue weighted by Gasteiger charge is 2.17. The molecule has 0 saturated carbocycles. The molecule has 0 rings (SSSR count). The highest BCUT2D eigenvalue weighted by atomic mass is 16.1. The Bertz CT molecular complexity index is 242. The predicted molar refractivity (Wildman–Crippen MR) is 47.3 cm³/mol. The van der Waals surface area contributed by atoms with E-state index in [2.05, 4.69) is 5.32 Å². The van der Waals surface area contributed by atoms with Crippen LogP contribution in [0, 0.1) is 11.3 Å². The van der Waals surface area contributed by atoms with Gasteiger partial charge in [0.1, 0.15) is 5.54 Å². The van der Waals surface area contributed by atoms with Gasteiger partial charge in [-0.1, -0.05) is 5.57 Å². The molecule has 0 aromatic heterocycles. The summed E-state index contributed by atoms with van der Waals surface area (Å²) in [5.41, 5.74) is 0.129. The first-order valence-corrected chi connectivity index (χ1v) is 3.76. The van der Waals surface area contributed by atoms with Gasteiger partial charge in [0.25, 0.3) is 0 Å². The molecular weight excluding hydrogens is 152 g/mol. The van der Waals surface area contributed by atoms with Gasteiger partial charge in [-0.2, -0.15) is 5.26 Å². The fraction of sp³-hybridized carbons (Fsp3) is 0.556. The quantitative estimate of drug-likeness (QED) is 0.630. The number of amides is 1. The van der Waals surface area contributed by atoms with Crippen LogP contribution in [-0.2, 0) is 4.79 Å². The summed E-state index contributed by atoms with van der Waals surface area (Å²) in [4.78, 5) is 11.1. The third kappa shape index (κ3) is 4.51. The van der Waals surface area contributed by atoms with Crippen LogP contribution in [0.5, 0.6) is 0 Å². The van der Waals surface area contributed by atoms with Gasteiger partial charge in [0, 0.05) is 6.08 Å². The average Bonchev–Trinajstić information content (AvgIpc) is 1.84. The molecule has 0 radical (unpaired) electrons. The Hall–Kier alpha value is -1.30. The van der Waals surface area contributed by atoms with E-state index in [1.165, 1.54) is 6.08 Å². The van der Waals surface area contributed by atoms with Crippen molar-refractivity contribution in [3.8, 4) is 6.07 Å². The average molecular weight is 166 g/mol. The van der Waals surface area contributed by atoms with E-state index < -0.39 is 5.54 Å². The lowest BCUT2D eigenvalue weighted by atomic mass is 10.1. The fourth-order valence-electron chi connectivity index (χ4n) is 0.634. The van der Waals surface area contributed by atoms with E-state index in [1.54, 1.807) is 13.8 Å². The Balaban J connectivity index is 4.23. The molecule has 0 saturated heterocycles. The molecule has 0 aliphatic carbocycles. The highest BCUT2D eigenvalue weighted by Crippen LogP contribution is 1.99.